The first-order valence-corrected chi connectivity index (χ1v) is 9.12. The van der Waals surface area contributed by atoms with Crippen LogP contribution in [0.4, 0.5) is 4.79 Å². The molecule has 1 atom stereocenters. The Morgan fingerprint density at radius 2 is 1.74 bits per heavy atom. The van der Waals surface area contributed by atoms with Crippen LogP contribution in [0, 0.1) is 0 Å². The number of amides is 4. The van der Waals surface area contributed by atoms with Crippen molar-refractivity contribution < 1.29 is 19.1 Å². The van der Waals surface area contributed by atoms with Crippen molar-refractivity contribution in [3.05, 3.63) is 29.8 Å². The van der Waals surface area contributed by atoms with Gasteiger partial charge in [0.15, 0.2) is 0 Å². The molecule has 0 aromatic heterocycles. The lowest BCUT2D eigenvalue weighted by Gasteiger charge is -2.37. The Morgan fingerprint density at radius 1 is 1.11 bits per heavy atom. The largest absolute Gasteiger partial charge is 0.497 e. The van der Waals surface area contributed by atoms with E-state index in [1.165, 1.54) is 7.05 Å². The molecule has 0 spiro atoms. The summed E-state index contributed by atoms with van der Waals surface area (Å²) in [5.41, 5.74) is 1.10. The Labute approximate surface area is 159 Å². The second-order valence-corrected chi connectivity index (χ2v) is 6.51. The first kappa shape index (κ1) is 20.7. The highest BCUT2D eigenvalue weighted by Crippen LogP contribution is 2.14. The van der Waals surface area contributed by atoms with Crippen LogP contribution in [0.15, 0.2) is 24.3 Å². The lowest BCUT2D eigenvalue weighted by atomic mass is 10.1. The Bertz CT molecular complexity index is 654. The number of carbonyl (C=O) groups excluding carboxylic acids is 3. The average Bonchev–Trinajstić information content (AvgIpc) is 2.71. The summed E-state index contributed by atoms with van der Waals surface area (Å²) >= 11 is 0. The number of aryl methyl sites for hydroxylation is 1. The van der Waals surface area contributed by atoms with Gasteiger partial charge in [-0.3, -0.25) is 19.8 Å². The summed E-state index contributed by atoms with van der Waals surface area (Å²) in [6, 6.07) is 6.79. The highest BCUT2D eigenvalue weighted by molar-refractivity contribution is 5.96. The molecule has 1 aromatic carbocycles. The van der Waals surface area contributed by atoms with Gasteiger partial charge in [-0.05, 0) is 31.0 Å². The summed E-state index contributed by atoms with van der Waals surface area (Å²) in [5, 5.41) is 4.65. The fraction of sp³-hybridized carbons (Fsp3) is 0.526. The number of hydrogen-bond acceptors (Lipinski definition) is 5. The number of piperazine rings is 1. The van der Waals surface area contributed by atoms with E-state index in [0.717, 1.165) is 11.3 Å². The maximum atomic E-state index is 12.4. The van der Waals surface area contributed by atoms with Crippen molar-refractivity contribution in [1.82, 2.24) is 20.4 Å². The van der Waals surface area contributed by atoms with Gasteiger partial charge in [0, 0.05) is 39.6 Å². The van der Waals surface area contributed by atoms with Crippen LogP contribution in [0.3, 0.4) is 0 Å². The van der Waals surface area contributed by atoms with Gasteiger partial charge in [0.25, 0.3) is 0 Å². The number of nitrogens with one attached hydrogen (secondary N) is 2. The SMILES string of the molecule is CNC(=O)NC(=O)[C@H](C)N1CCN(C(=O)CCc2ccc(OC)cc2)CC1. The predicted molar refractivity (Wildman–Crippen MR) is 102 cm³/mol. The minimum absolute atomic E-state index is 0.118. The van der Waals surface area contributed by atoms with Crippen LogP contribution in [0.5, 0.6) is 5.75 Å². The molecule has 0 bridgehead atoms. The van der Waals surface area contributed by atoms with Crippen LogP contribution < -0.4 is 15.4 Å². The van der Waals surface area contributed by atoms with Gasteiger partial charge in [-0.15, -0.1) is 0 Å². The molecule has 8 heteroatoms. The number of benzene rings is 1. The Kier molecular flexibility index (Phi) is 7.60. The quantitative estimate of drug-likeness (QED) is 0.759. The standard InChI is InChI=1S/C19H28N4O4/c1-14(18(25)21-19(26)20-2)22-10-12-23(13-11-22)17(24)9-6-15-4-7-16(27-3)8-5-15/h4-5,7-8,14H,6,9-13H2,1-3H3,(H2,20,21,25,26)/t14-/m0/s1. The van der Waals surface area contributed by atoms with E-state index in [1.807, 2.05) is 34.1 Å². The molecule has 4 amide bonds. The van der Waals surface area contributed by atoms with E-state index < -0.39 is 12.1 Å². The lowest BCUT2D eigenvalue weighted by Crippen LogP contribution is -2.56. The number of urea groups is 1. The molecule has 0 unspecified atom stereocenters. The fourth-order valence-electron chi connectivity index (χ4n) is 3.00. The monoisotopic (exact) mass is 376 g/mol. The number of methoxy groups -OCH3 is 1. The molecule has 1 fully saturated rings. The van der Waals surface area contributed by atoms with Gasteiger partial charge in [0.05, 0.1) is 13.2 Å². The first-order valence-electron chi connectivity index (χ1n) is 9.12. The van der Waals surface area contributed by atoms with E-state index in [9.17, 15) is 14.4 Å². The van der Waals surface area contributed by atoms with Gasteiger partial charge in [0.1, 0.15) is 5.75 Å². The molecule has 0 aliphatic carbocycles. The van der Waals surface area contributed by atoms with Gasteiger partial charge < -0.3 is 15.0 Å². The summed E-state index contributed by atoms with van der Waals surface area (Å²) in [7, 11) is 3.09. The zero-order valence-electron chi connectivity index (χ0n) is 16.2. The molecular formula is C19H28N4O4. The van der Waals surface area contributed by atoms with Crippen LogP contribution in [0.1, 0.15) is 18.9 Å². The molecule has 1 aliphatic rings. The van der Waals surface area contributed by atoms with Crippen LogP contribution >= 0.6 is 0 Å². The van der Waals surface area contributed by atoms with Crippen LogP contribution in [-0.4, -0.2) is 74.0 Å². The van der Waals surface area contributed by atoms with Gasteiger partial charge in [-0.2, -0.15) is 0 Å². The highest BCUT2D eigenvalue weighted by Gasteiger charge is 2.27. The summed E-state index contributed by atoms with van der Waals surface area (Å²) < 4.78 is 5.13. The third-order valence-electron chi connectivity index (χ3n) is 4.84. The molecule has 8 nitrogen and oxygen atoms in total. The fourth-order valence-corrected chi connectivity index (χ4v) is 3.00. The predicted octanol–water partition coefficient (Wildman–Crippen LogP) is 0.616. The van der Waals surface area contributed by atoms with Gasteiger partial charge in [-0.1, -0.05) is 12.1 Å². The molecule has 2 rings (SSSR count). The Hall–Kier alpha value is -2.61. The molecule has 27 heavy (non-hydrogen) atoms. The summed E-state index contributed by atoms with van der Waals surface area (Å²) in [4.78, 5) is 39.5. The highest BCUT2D eigenvalue weighted by atomic mass is 16.5. The van der Waals surface area contributed by atoms with Crippen LogP contribution in [0.2, 0.25) is 0 Å². The lowest BCUT2D eigenvalue weighted by molar-refractivity contribution is -0.134. The molecule has 2 N–H and O–H groups in total. The van der Waals surface area contributed by atoms with E-state index in [4.69, 9.17) is 4.74 Å². The summed E-state index contributed by atoms with van der Waals surface area (Å²) in [6.07, 6.45) is 1.15. The number of rotatable bonds is 6. The van der Waals surface area contributed by atoms with Crippen molar-refractivity contribution in [2.75, 3.05) is 40.3 Å². The molecule has 1 aromatic rings. The maximum Gasteiger partial charge on any atom is 0.321 e. The van der Waals surface area contributed by atoms with E-state index >= 15 is 0 Å². The van der Waals surface area contributed by atoms with Crippen molar-refractivity contribution in [3.63, 3.8) is 0 Å². The van der Waals surface area contributed by atoms with Gasteiger partial charge in [0.2, 0.25) is 11.8 Å². The number of carbonyl (C=O) groups is 3. The van der Waals surface area contributed by atoms with Crippen molar-refractivity contribution in [2.24, 2.45) is 0 Å². The summed E-state index contributed by atoms with van der Waals surface area (Å²) in [6.45, 7) is 4.14. The Balaban J connectivity index is 1.76. The smallest absolute Gasteiger partial charge is 0.321 e. The summed E-state index contributed by atoms with van der Waals surface area (Å²) in [5.74, 6) is 0.581. The van der Waals surface area contributed by atoms with E-state index in [-0.39, 0.29) is 11.8 Å². The van der Waals surface area contributed by atoms with E-state index in [1.54, 1.807) is 14.0 Å². The third kappa shape index (κ3) is 5.96. The van der Waals surface area contributed by atoms with Crippen molar-refractivity contribution in [1.29, 1.82) is 0 Å². The second-order valence-electron chi connectivity index (χ2n) is 6.51. The molecular weight excluding hydrogens is 348 g/mol. The molecule has 148 valence electrons. The molecule has 0 radical (unpaired) electrons. The number of hydrogen-bond donors (Lipinski definition) is 2. The van der Waals surface area contributed by atoms with Crippen LogP contribution in [-0.2, 0) is 16.0 Å². The minimum Gasteiger partial charge on any atom is -0.497 e. The molecule has 1 aliphatic heterocycles. The van der Waals surface area contributed by atoms with Crippen molar-refractivity contribution in [2.45, 2.75) is 25.8 Å². The van der Waals surface area contributed by atoms with Gasteiger partial charge in [-0.25, -0.2) is 4.79 Å². The number of ether oxygens (including phenoxy) is 1. The molecule has 1 heterocycles. The number of nitrogens with zero attached hydrogens (tertiary/aromatic N) is 2. The molecule has 0 saturated carbocycles. The van der Waals surface area contributed by atoms with Crippen LogP contribution in [0.25, 0.3) is 0 Å². The van der Waals surface area contributed by atoms with E-state index in [2.05, 4.69) is 10.6 Å². The van der Waals surface area contributed by atoms with Gasteiger partial charge >= 0.3 is 6.03 Å². The number of imide groups is 1. The second kappa shape index (κ2) is 9.91. The Morgan fingerprint density at radius 3 is 2.30 bits per heavy atom. The normalized spacial score (nSPS) is 15.7. The topological polar surface area (TPSA) is 91.0 Å². The minimum atomic E-state index is -0.515. The third-order valence-corrected chi connectivity index (χ3v) is 4.84. The maximum absolute atomic E-state index is 12.4. The average molecular weight is 376 g/mol. The van der Waals surface area contributed by atoms with Crippen molar-refractivity contribution >= 4 is 17.8 Å². The molecule has 1 saturated heterocycles. The first-order chi connectivity index (χ1) is 12.9. The van der Waals surface area contributed by atoms with Crippen molar-refractivity contribution in [3.8, 4) is 5.75 Å². The zero-order chi connectivity index (χ0) is 19.8. The van der Waals surface area contributed by atoms with E-state index in [0.29, 0.717) is 39.0 Å². The zero-order valence-corrected chi connectivity index (χ0v) is 16.2.